The number of aliphatic carboxylic acids is 1. The third kappa shape index (κ3) is 4.85. The van der Waals surface area contributed by atoms with Crippen LogP contribution >= 0.6 is 0 Å². The van der Waals surface area contributed by atoms with Crippen LogP contribution in [0.2, 0.25) is 0 Å². The van der Waals surface area contributed by atoms with Gasteiger partial charge in [-0.1, -0.05) is 12.2 Å². The minimum absolute atomic E-state index is 0.0282. The van der Waals surface area contributed by atoms with Crippen molar-refractivity contribution in [2.75, 3.05) is 19.6 Å². The third-order valence-electron chi connectivity index (χ3n) is 2.89. The van der Waals surface area contributed by atoms with Crippen LogP contribution in [0.4, 0.5) is 4.79 Å². The molecule has 0 aromatic heterocycles. The maximum absolute atomic E-state index is 11.9. The Morgan fingerprint density at radius 3 is 2.35 bits per heavy atom. The van der Waals surface area contributed by atoms with Crippen LogP contribution in [0.5, 0.6) is 0 Å². The minimum atomic E-state index is -0.886. The van der Waals surface area contributed by atoms with Gasteiger partial charge in [0.1, 0.15) is 5.60 Å². The topological polar surface area (TPSA) is 78.9 Å². The molecule has 0 aromatic rings. The largest absolute Gasteiger partial charge is 0.481 e. The first kappa shape index (κ1) is 16.5. The van der Waals surface area contributed by atoms with Gasteiger partial charge in [-0.2, -0.15) is 0 Å². The van der Waals surface area contributed by atoms with Gasteiger partial charge in [-0.05, 0) is 27.7 Å². The average Bonchev–Trinajstić information content (AvgIpc) is 2.17. The summed E-state index contributed by atoms with van der Waals surface area (Å²) in [6.45, 7) is 12.3. The molecule has 1 heterocycles. The Hall–Kier alpha value is -1.56. The Morgan fingerprint density at radius 2 is 1.95 bits per heavy atom. The number of nitrogens with zero attached hydrogens (tertiary/aromatic N) is 1. The number of ether oxygens (including phenoxy) is 1. The highest BCUT2D eigenvalue weighted by Crippen LogP contribution is 2.26. The zero-order chi connectivity index (χ0) is 15.6. The number of rotatable bonds is 5. The molecular formula is C14H24N2O4. The predicted molar refractivity (Wildman–Crippen MR) is 75.6 cm³/mol. The van der Waals surface area contributed by atoms with Gasteiger partial charge in [0.25, 0.3) is 0 Å². The highest BCUT2D eigenvalue weighted by molar-refractivity contribution is 5.73. The minimum Gasteiger partial charge on any atom is -0.481 e. The van der Waals surface area contributed by atoms with Crippen LogP contribution in [0.15, 0.2) is 12.2 Å². The van der Waals surface area contributed by atoms with E-state index in [-0.39, 0.29) is 6.42 Å². The quantitative estimate of drug-likeness (QED) is 0.750. The summed E-state index contributed by atoms with van der Waals surface area (Å²) in [6.07, 6.45) is -0.435. The van der Waals surface area contributed by atoms with Crippen molar-refractivity contribution in [2.24, 2.45) is 0 Å². The normalized spacial score (nSPS) is 17.3. The molecule has 1 aliphatic heterocycles. The molecular weight excluding hydrogens is 260 g/mol. The monoisotopic (exact) mass is 284 g/mol. The number of hydrogen-bond acceptors (Lipinski definition) is 4. The van der Waals surface area contributed by atoms with E-state index in [1.54, 1.807) is 20.8 Å². The molecule has 114 valence electrons. The summed E-state index contributed by atoms with van der Waals surface area (Å²) >= 11 is 0. The van der Waals surface area contributed by atoms with Crippen molar-refractivity contribution in [2.45, 2.75) is 45.3 Å². The molecule has 0 atom stereocenters. The van der Waals surface area contributed by atoms with Crippen LogP contribution in [-0.4, -0.2) is 52.8 Å². The standard InChI is InChI=1S/C14H24N2O4/c1-10(2)7-15-14(6-11(17)18)8-16(9-14)12(19)20-13(3,4)5/h15H,1,6-9H2,2-5H3,(H,17,18). The number of carbonyl (C=O) groups is 2. The average molecular weight is 284 g/mol. The molecule has 1 fully saturated rings. The van der Waals surface area contributed by atoms with Crippen LogP contribution in [0.1, 0.15) is 34.1 Å². The molecule has 1 rings (SSSR count). The Kier molecular flexibility index (Phi) is 4.81. The van der Waals surface area contributed by atoms with E-state index in [1.807, 2.05) is 6.92 Å². The second kappa shape index (κ2) is 5.83. The number of carboxylic acid groups (broad SMARTS) is 1. The summed E-state index contributed by atoms with van der Waals surface area (Å²) in [4.78, 5) is 24.3. The van der Waals surface area contributed by atoms with Gasteiger partial charge in [-0.3, -0.25) is 4.79 Å². The highest BCUT2D eigenvalue weighted by atomic mass is 16.6. The lowest BCUT2D eigenvalue weighted by molar-refractivity contribution is -0.141. The van der Waals surface area contributed by atoms with E-state index in [4.69, 9.17) is 9.84 Å². The molecule has 0 unspecified atom stereocenters. The predicted octanol–water partition coefficient (Wildman–Crippen LogP) is 1.62. The second-order valence-electron chi connectivity index (χ2n) is 6.50. The lowest BCUT2D eigenvalue weighted by Gasteiger charge is -2.49. The Labute approximate surface area is 119 Å². The van der Waals surface area contributed by atoms with Gasteiger partial charge in [0, 0.05) is 19.6 Å². The van der Waals surface area contributed by atoms with E-state index in [2.05, 4.69) is 11.9 Å². The van der Waals surface area contributed by atoms with Crippen LogP contribution < -0.4 is 5.32 Å². The SMILES string of the molecule is C=C(C)CNC1(CC(=O)O)CN(C(=O)OC(C)(C)C)C1. The van der Waals surface area contributed by atoms with E-state index in [9.17, 15) is 9.59 Å². The number of amides is 1. The molecule has 6 heteroatoms. The second-order valence-corrected chi connectivity index (χ2v) is 6.50. The number of carboxylic acids is 1. The fourth-order valence-electron chi connectivity index (χ4n) is 2.05. The van der Waals surface area contributed by atoms with E-state index in [1.165, 1.54) is 4.90 Å². The smallest absolute Gasteiger partial charge is 0.410 e. The molecule has 6 nitrogen and oxygen atoms in total. The van der Waals surface area contributed by atoms with Gasteiger partial charge in [-0.25, -0.2) is 4.79 Å². The summed E-state index contributed by atoms with van der Waals surface area (Å²) in [6, 6.07) is 0. The van der Waals surface area contributed by atoms with Crippen molar-refractivity contribution >= 4 is 12.1 Å². The summed E-state index contributed by atoms with van der Waals surface area (Å²) in [5.74, 6) is -0.886. The van der Waals surface area contributed by atoms with E-state index in [0.717, 1.165) is 5.57 Å². The van der Waals surface area contributed by atoms with E-state index in [0.29, 0.717) is 19.6 Å². The summed E-state index contributed by atoms with van der Waals surface area (Å²) < 4.78 is 5.26. The molecule has 0 bridgehead atoms. The number of carbonyl (C=O) groups excluding carboxylic acids is 1. The van der Waals surface area contributed by atoms with E-state index < -0.39 is 23.2 Å². The van der Waals surface area contributed by atoms with Crippen LogP contribution in [-0.2, 0) is 9.53 Å². The molecule has 0 radical (unpaired) electrons. The fraction of sp³-hybridized carbons (Fsp3) is 0.714. The van der Waals surface area contributed by atoms with Crippen LogP contribution in [0.3, 0.4) is 0 Å². The van der Waals surface area contributed by atoms with Gasteiger partial charge < -0.3 is 20.1 Å². The number of nitrogens with one attached hydrogen (secondary N) is 1. The maximum Gasteiger partial charge on any atom is 0.410 e. The zero-order valence-corrected chi connectivity index (χ0v) is 12.7. The molecule has 1 saturated heterocycles. The molecule has 1 amide bonds. The Morgan fingerprint density at radius 1 is 1.40 bits per heavy atom. The Bertz CT molecular complexity index is 406. The maximum atomic E-state index is 11.9. The highest BCUT2D eigenvalue weighted by Gasteiger charge is 2.47. The van der Waals surface area contributed by atoms with Crippen molar-refractivity contribution < 1.29 is 19.4 Å². The Balaban J connectivity index is 2.58. The number of hydrogen-bond donors (Lipinski definition) is 2. The third-order valence-corrected chi connectivity index (χ3v) is 2.89. The van der Waals surface area contributed by atoms with Gasteiger partial charge in [0.15, 0.2) is 0 Å². The molecule has 2 N–H and O–H groups in total. The first-order valence-electron chi connectivity index (χ1n) is 6.62. The molecule has 1 aliphatic rings. The molecule has 20 heavy (non-hydrogen) atoms. The molecule has 0 aliphatic carbocycles. The lowest BCUT2D eigenvalue weighted by Crippen LogP contribution is -2.71. The first-order chi connectivity index (χ1) is 9.03. The van der Waals surface area contributed by atoms with Crippen molar-refractivity contribution in [3.8, 4) is 0 Å². The molecule has 0 spiro atoms. The van der Waals surface area contributed by atoms with Crippen molar-refractivity contribution in [1.29, 1.82) is 0 Å². The first-order valence-corrected chi connectivity index (χ1v) is 6.62. The van der Waals surface area contributed by atoms with Crippen LogP contribution in [0.25, 0.3) is 0 Å². The molecule has 0 saturated carbocycles. The van der Waals surface area contributed by atoms with Crippen LogP contribution in [0, 0.1) is 0 Å². The summed E-state index contributed by atoms with van der Waals surface area (Å²) in [5, 5.41) is 12.2. The van der Waals surface area contributed by atoms with Crippen molar-refractivity contribution in [1.82, 2.24) is 10.2 Å². The fourth-order valence-corrected chi connectivity index (χ4v) is 2.05. The van der Waals surface area contributed by atoms with E-state index >= 15 is 0 Å². The van der Waals surface area contributed by atoms with Gasteiger partial charge in [0.2, 0.25) is 0 Å². The molecule has 0 aromatic carbocycles. The van der Waals surface area contributed by atoms with Gasteiger partial charge in [0.05, 0.1) is 12.0 Å². The summed E-state index contributed by atoms with van der Waals surface area (Å²) in [7, 11) is 0. The van der Waals surface area contributed by atoms with Crippen molar-refractivity contribution in [3.05, 3.63) is 12.2 Å². The summed E-state index contributed by atoms with van der Waals surface area (Å²) in [5.41, 5.74) is -0.208. The van der Waals surface area contributed by atoms with Gasteiger partial charge in [-0.15, -0.1) is 0 Å². The number of likely N-dealkylation sites (tertiary alicyclic amines) is 1. The lowest BCUT2D eigenvalue weighted by atomic mass is 9.86. The zero-order valence-electron chi connectivity index (χ0n) is 12.7. The van der Waals surface area contributed by atoms with Gasteiger partial charge >= 0.3 is 12.1 Å². The van der Waals surface area contributed by atoms with Crippen molar-refractivity contribution in [3.63, 3.8) is 0 Å².